The summed E-state index contributed by atoms with van der Waals surface area (Å²) >= 11 is 0. The number of hydrogen-bond donors (Lipinski definition) is 1. The summed E-state index contributed by atoms with van der Waals surface area (Å²) in [4.78, 5) is 15.9. The van der Waals surface area contributed by atoms with E-state index in [2.05, 4.69) is 19.0 Å². The maximum atomic E-state index is 11.9. The van der Waals surface area contributed by atoms with Crippen molar-refractivity contribution >= 4 is 6.09 Å². The zero-order valence-corrected chi connectivity index (χ0v) is 12.3. The molecular formula is C13H27N3O2. The molecule has 0 aromatic rings. The first-order valence-electron chi connectivity index (χ1n) is 6.56. The van der Waals surface area contributed by atoms with Crippen molar-refractivity contribution in [2.24, 2.45) is 5.73 Å². The highest BCUT2D eigenvalue weighted by atomic mass is 16.6. The topological polar surface area (TPSA) is 58.8 Å². The number of likely N-dealkylation sites (N-methyl/N-ethyl adjacent to an activating group) is 1. The lowest BCUT2D eigenvalue weighted by molar-refractivity contribution is 0.00490. The van der Waals surface area contributed by atoms with E-state index in [9.17, 15) is 4.79 Å². The van der Waals surface area contributed by atoms with Crippen LogP contribution in [0.1, 0.15) is 33.6 Å². The molecule has 1 amide bonds. The normalized spacial score (nSPS) is 20.1. The first-order valence-corrected chi connectivity index (χ1v) is 6.56. The van der Waals surface area contributed by atoms with Gasteiger partial charge in [-0.15, -0.1) is 0 Å². The van der Waals surface area contributed by atoms with Crippen molar-refractivity contribution < 1.29 is 9.53 Å². The molecule has 0 atom stereocenters. The second kappa shape index (κ2) is 5.45. The number of rotatable bonds is 2. The molecule has 2 N–H and O–H groups in total. The standard InChI is InChI=1S/C13H27N3O2/c1-12(2,3)18-11(17)16-8-6-13(10-14,7-9-16)15(4)5/h6-10,14H2,1-5H3. The number of hydrogen-bond acceptors (Lipinski definition) is 4. The van der Waals surface area contributed by atoms with E-state index in [-0.39, 0.29) is 11.6 Å². The van der Waals surface area contributed by atoms with E-state index in [4.69, 9.17) is 10.5 Å². The minimum absolute atomic E-state index is 0.0263. The lowest BCUT2D eigenvalue weighted by atomic mass is 9.86. The van der Waals surface area contributed by atoms with Crippen LogP contribution in [0, 0.1) is 0 Å². The van der Waals surface area contributed by atoms with Crippen molar-refractivity contribution in [3.8, 4) is 0 Å². The fourth-order valence-corrected chi connectivity index (χ4v) is 2.27. The van der Waals surface area contributed by atoms with E-state index in [0.717, 1.165) is 12.8 Å². The molecule has 0 radical (unpaired) electrons. The average Bonchev–Trinajstić information content (AvgIpc) is 2.26. The van der Waals surface area contributed by atoms with E-state index in [1.54, 1.807) is 4.90 Å². The Labute approximate surface area is 110 Å². The minimum atomic E-state index is -0.430. The molecular weight excluding hydrogens is 230 g/mol. The van der Waals surface area contributed by atoms with Gasteiger partial charge >= 0.3 is 6.09 Å². The predicted octanol–water partition coefficient (Wildman–Crippen LogP) is 1.28. The fraction of sp³-hybridized carbons (Fsp3) is 0.923. The van der Waals surface area contributed by atoms with Crippen molar-refractivity contribution in [2.45, 2.75) is 44.8 Å². The van der Waals surface area contributed by atoms with Crippen molar-refractivity contribution in [1.29, 1.82) is 0 Å². The van der Waals surface area contributed by atoms with Gasteiger partial charge in [0.15, 0.2) is 0 Å². The summed E-state index contributed by atoms with van der Waals surface area (Å²) in [5.74, 6) is 0. The highest BCUT2D eigenvalue weighted by molar-refractivity contribution is 5.68. The molecule has 0 aromatic carbocycles. The second-order valence-corrected chi connectivity index (χ2v) is 6.29. The second-order valence-electron chi connectivity index (χ2n) is 6.29. The summed E-state index contributed by atoms with van der Waals surface area (Å²) < 4.78 is 5.38. The number of ether oxygens (including phenoxy) is 1. The molecule has 0 unspecified atom stereocenters. The highest BCUT2D eigenvalue weighted by Gasteiger charge is 2.37. The van der Waals surface area contributed by atoms with Crippen LogP contribution < -0.4 is 5.73 Å². The van der Waals surface area contributed by atoms with Gasteiger partial charge < -0.3 is 20.3 Å². The summed E-state index contributed by atoms with van der Waals surface area (Å²) in [6, 6.07) is 0. The Morgan fingerprint density at radius 3 is 2.17 bits per heavy atom. The smallest absolute Gasteiger partial charge is 0.410 e. The van der Waals surface area contributed by atoms with Crippen molar-refractivity contribution in [3.63, 3.8) is 0 Å². The van der Waals surface area contributed by atoms with Crippen LogP contribution in [0.4, 0.5) is 4.79 Å². The van der Waals surface area contributed by atoms with Crippen LogP contribution >= 0.6 is 0 Å². The molecule has 5 nitrogen and oxygen atoms in total. The van der Waals surface area contributed by atoms with Gasteiger partial charge in [0.05, 0.1) is 0 Å². The maximum absolute atomic E-state index is 11.9. The van der Waals surface area contributed by atoms with E-state index in [0.29, 0.717) is 19.6 Å². The first kappa shape index (κ1) is 15.2. The highest BCUT2D eigenvalue weighted by Crippen LogP contribution is 2.26. The van der Waals surface area contributed by atoms with Crippen LogP contribution in [-0.2, 0) is 4.74 Å². The molecule has 0 spiro atoms. The molecule has 0 aliphatic carbocycles. The van der Waals surface area contributed by atoms with Gasteiger partial charge in [-0.25, -0.2) is 4.79 Å². The molecule has 1 heterocycles. The molecule has 1 aliphatic heterocycles. The van der Waals surface area contributed by atoms with Crippen LogP contribution in [0.5, 0.6) is 0 Å². The van der Waals surface area contributed by atoms with E-state index in [1.165, 1.54) is 0 Å². The summed E-state index contributed by atoms with van der Waals surface area (Å²) in [5.41, 5.74) is 5.48. The van der Waals surface area contributed by atoms with E-state index < -0.39 is 5.60 Å². The van der Waals surface area contributed by atoms with E-state index in [1.807, 2.05) is 20.8 Å². The van der Waals surface area contributed by atoms with Gasteiger partial charge in [0.2, 0.25) is 0 Å². The Hall–Kier alpha value is -0.810. The van der Waals surface area contributed by atoms with Crippen molar-refractivity contribution in [3.05, 3.63) is 0 Å². The average molecular weight is 257 g/mol. The number of nitrogens with zero attached hydrogens (tertiary/aromatic N) is 2. The van der Waals surface area contributed by atoms with Crippen molar-refractivity contribution in [2.75, 3.05) is 33.7 Å². The molecule has 106 valence electrons. The summed E-state index contributed by atoms with van der Waals surface area (Å²) in [6.45, 7) is 7.72. The molecule has 1 aliphatic rings. The zero-order valence-electron chi connectivity index (χ0n) is 12.3. The Balaban J connectivity index is 2.56. The largest absolute Gasteiger partial charge is 0.444 e. The van der Waals surface area contributed by atoms with Gasteiger partial charge in [0.1, 0.15) is 5.60 Å². The number of nitrogens with two attached hydrogens (primary N) is 1. The minimum Gasteiger partial charge on any atom is -0.444 e. The lowest BCUT2D eigenvalue weighted by Crippen LogP contribution is -2.58. The molecule has 1 saturated heterocycles. The van der Waals surface area contributed by atoms with Crippen LogP contribution in [-0.4, -0.2) is 60.8 Å². The van der Waals surface area contributed by atoms with Crippen LogP contribution in [0.2, 0.25) is 0 Å². The quantitative estimate of drug-likeness (QED) is 0.809. The van der Waals surface area contributed by atoms with E-state index >= 15 is 0 Å². The summed E-state index contributed by atoms with van der Waals surface area (Å²) in [5, 5.41) is 0. The molecule has 0 aromatic heterocycles. The Morgan fingerprint density at radius 1 is 1.33 bits per heavy atom. The summed E-state index contributed by atoms with van der Waals surface area (Å²) in [7, 11) is 4.10. The number of piperidine rings is 1. The molecule has 18 heavy (non-hydrogen) atoms. The number of amides is 1. The molecule has 0 saturated carbocycles. The van der Waals surface area contributed by atoms with Gasteiger partial charge in [0, 0.05) is 25.2 Å². The summed E-state index contributed by atoms with van der Waals surface area (Å²) in [6.07, 6.45) is 1.58. The Bertz CT molecular complexity index is 289. The van der Waals surface area contributed by atoms with Gasteiger partial charge in [-0.1, -0.05) is 0 Å². The SMILES string of the molecule is CN(C)C1(CN)CCN(C(=O)OC(C)(C)C)CC1. The Morgan fingerprint density at radius 2 is 1.83 bits per heavy atom. The molecule has 1 fully saturated rings. The Kier molecular flexibility index (Phi) is 4.61. The third-order valence-electron chi connectivity index (χ3n) is 3.67. The molecule has 5 heteroatoms. The number of carbonyl (C=O) groups is 1. The number of carbonyl (C=O) groups excluding carboxylic acids is 1. The number of likely N-dealkylation sites (tertiary alicyclic amines) is 1. The molecule has 1 rings (SSSR count). The van der Waals surface area contributed by atoms with Gasteiger partial charge in [0.25, 0.3) is 0 Å². The van der Waals surface area contributed by atoms with Crippen LogP contribution in [0.25, 0.3) is 0 Å². The van der Waals surface area contributed by atoms with Gasteiger partial charge in [-0.2, -0.15) is 0 Å². The van der Waals surface area contributed by atoms with Gasteiger partial charge in [-0.3, -0.25) is 0 Å². The third-order valence-corrected chi connectivity index (χ3v) is 3.67. The lowest BCUT2D eigenvalue weighted by Gasteiger charge is -2.45. The third kappa shape index (κ3) is 3.59. The zero-order chi connectivity index (χ0) is 14.0. The first-order chi connectivity index (χ1) is 8.20. The monoisotopic (exact) mass is 257 g/mol. The van der Waals surface area contributed by atoms with Gasteiger partial charge in [-0.05, 0) is 47.7 Å². The molecule has 0 bridgehead atoms. The van der Waals surface area contributed by atoms with Crippen LogP contribution in [0.3, 0.4) is 0 Å². The predicted molar refractivity (Wildman–Crippen MR) is 72.5 cm³/mol. The van der Waals surface area contributed by atoms with Crippen LogP contribution in [0.15, 0.2) is 0 Å². The maximum Gasteiger partial charge on any atom is 0.410 e. The fourth-order valence-electron chi connectivity index (χ4n) is 2.27. The van der Waals surface area contributed by atoms with Crippen molar-refractivity contribution in [1.82, 2.24) is 9.80 Å².